The maximum absolute atomic E-state index is 11.3. The van der Waals surface area contributed by atoms with E-state index in [0.29, 0.717) is 0 Å². The topological polar surface area (TPSA) is 89.6 Å². The van der Waals surface area contributed by atoms with Crippen LogP contribution in [0.25, 0.3) is 0 Å². The molecule has 0 aliphatic carbocycles. The minimum atomic E-state index is -1.31. The number of aromatic carboxylic acids is 1. The molecule has 0 aliphatic rings. The molecule has 0 saturated heterocycles. The number of carboxylic acids is 1. The Kier molecular flexibility index (Phi) is 3.08. The quantitative estimate of drug-likeness (QED) is 0.760. The highest BCUT2D eigenvalue weighted by molar-refractivity contribution is 6.01. The molecule has 1 rings (SSSR count). The average molecular weight is 213 g/mol. The first kappa shape index (κ1) is 11.2. The molecule has 0 saturated carbocycles. The van der Waals surface area contributed by atoms with Crippen LogP contribution < -0.4 is 0 Å². The van der Waals surface area contributed by atoms with Crippen molar-refractivity contribution in [2.75, 3.05) is 7.11 Å². The Hall–Kier alpha value is -1.85. The Morgan fingerprint density at radius 3 is 2.47 bits per heavy atom. The molecule has 0 radical (unpaired) electrons. The van der Waals surface area contributed by atoms with Crippen molar-refractivity contribution in [1.29, 1.82) is 0 Å². The van der Waals surface area contributed by atoms with Crippen LogP contribution in [0.4, 0.5) is 0 Å². The predicted molar refractivity (Wildman–Crippen MR) is 48.9 cm³/mol. The van der Waals surface area contributed by atoms with Gasteiger partial charge in [0.2, 0.25) is 5.69 Å². The molecule has 1 aromatic heterocycles. The molecule has 1 N–H and O–H groups in total. The van der Waals surface area contributed by atoms with Crippen molar-refractivity contribution in [3.63, 3.8) is 0 Å². The summed E-state index contributed by atoms with van der Waals surface area (Å²) in [5.41, 5.74) is -0.523. The number of rotatable bonds is 3. The van der Waals surface area contributed by atoms with Gasteiger partial charge in [0.1, 0.15) is 5.56 Å². The molecule has 0 spiro atoms. The molecule has 0 aromatic carbocycles. The normalized spacial score (nSPS) is 10.4. The van der Waals surface area contributed by atoms with Gasteiger partial charge in [-0.1, -0.05) is 19.0 Å². The van der Waals surface area contributed by atoms with Crippen LogP contribution in [-0.2, 0) is 4.74 Å². The maximum Gasteiger partial charge on any atom is 0.359 e. The van der Waals surface area contributed by atoms with Crippen molar-refractivity contribution in [2.24, 2.45) is 0 Å². The second-order valence-corrected chi connectivity index (χ2v) is 3.22. The van der Waals surface area contributed by atoms with Crippen molar-refractivity contribution < 1.29 is 24.0 Å². The van der Waals surface area contributed by atoms with E-state index < -0.39 is 17.6 Å². The second-order valence-electron chi connectivity index (χ2n) is 3.22. The highest BCUT2D eigenvalue weighted by Gasteiger charge is 2.29. The van der Waals surface area contributed by atoms with E-state index in [1.165, 1.54) is 7.11 Å². The van der Waals surface area contributed by atoms with Gasteiger partial charge < -0.3 is 14.4 Å². The Labute approximate surface area is 85.8 Å². The van der Waals surface area contributed by atoms with Crippen LogP contribution in [0, 0.1) is 0 Å². The number of hydrogen-bond donors (Lipinski definition) is 1. The van der Waals surface area contributed by atoms with Gasteiger partial charge in [-0.15, -0.1) is 0 Å². The minimum absolute atomic E-state index is 0.111. The molecular weight excluding hydrogens is 202 g/mol. The molecule has 0 amide bonds. The van der Waals surface area contributed by atoms with Crippen molar-refractivity contribution >= 4 is 11.9 Å². The van der Waals surface area contributed by atoms with Crippen LogP contribution in [0.2, 0.25) is 0 Å². The van der Waals surface area contributed by atoms with Gasteiger partial charge >= 0.3 is 11.9 Å². The summed E-state index contributed by atoms with van der Waals surface area (Å²) in [6.45, 7) is 3.52. The van der Waals surface area contributed by atoms with E-state index in [0.717, 1.165) is 0 Å². The molecule has 6 nitrogen and oxygen atoms in total. The summed E-state index contributed by atoms with van der Waals surface area (Å²) in [4.78, 5) is 22.1. The first-order valence-electron chi connectivity index (χ1n) is 4.30. The third kappa shape index (κ3) is 1.98. The van der Waals surface area contributed by atoms with Crippen LogP contribution >= 0.6 is 0 Å². The number of nitrogens with zero attached hydrogens (tertiary/aromatic N) is 1. The number of carbonyl (C=O) groups is 2. The highest BCUT2D eigenvalue weighted by Crippen LogP contribution is 2.23. The summed E-state index contributed by atoms with van der Waals surface area (Å²) in [5, 5.41) is 12.1. The van der Waals surface area contributed by atoms with Crippen LogP contribution in [0.3, 0.4) is 0 Å². The molecule has 0 unspecified atom stereocenters. The van der Waals surface area contributed by atoms with Gasteiger partial charge in [0.25, 0.3) is 0 Å². The SMILES string of the molecule is COC(=O)c1c(C(=O)O)noc1C(C)C. The maximum atomic E-state index is 11.3. The molecule has 1 aromatic rings. The van der Waals surface area contributed by atoms with Crippen molar-refractivity contribution in [3.8, 4) is 0 Å². The molecular formula is C9H11NO5. The van der Waals surface area contributed by atoms with Crippen molar-refractivity contribution in [1.82, 2.24) is 5.16 Å². The summed E-state index contributed by atoms with van der Waals surface area (Å²) in [5.74, 6) is -1.98. The Balaban J connectivity index is 3.32. The summed E-state index contributed by atoms with van der Waals surface area (Å²) >= 11 is 0. The number of aromatic nitrogens is 1. The first-order valence-corrected chi connectivity index (χ1v) is 4.30. The highest BCUT2D eigenvalue weighted by atomic mass is 16.5. The van der Waals surface area contributed by atoms with E-state index in [2.05, 4.69) is 9.89 Å². The van der Waals surface area contributed by atoms with E-state index in [1.54, 1.807) is 13.8 Å². The fraction of sp³-hybridized carbons (Fsp3) is 0.444. The zero-order valence-electron chi connectivity index (χ0n) is 8.60. The smallest absolute Gasteiger partial charge is 0.359 e. The van der Waals surface area contributed by atoms with Crippen LogP contribution in [0.15, 0.2) is 4.52 Å². The lowest BCUT2D eigenvalue weighted by Gasteiger charge is -2.02. The number of carbonyl (C=O) groups excluding carboxylic acids is 1. The standard InChI is InChI=1S/C9H11NO5/c1-4(2)7-5(9(13)14-3)6(8(11)12)10-15-7/h4H,1-3H3,(H,11,12). The van der Waals surface area contributed by atoms with Gasteiger partial charge in [-0.05, 0) is 0 Å². The van der Waals surface area contributed by atoms with Gasteiger partial charge in [0.05, 0.1) is 7.11 Å². The molecule has 1 heterocycles. The number of hydrogen-bond acceptors (Lipinski definition) is 5. The fourth-order valence-electron chi connectivity index (χ4n) is 1.14. The number of ether oxygens (including phenoxy) is 1. The average Bonchev–Trinajstić information content (AvgIpc) is 2.60. The zero-order valence-corrected chi connectivity index (χ0v) is 8.60. The molecule has 0 fully saturated rings. The summed E-state index contributed by atoms with van der Waals surface area (Å²) in [7, 11) is 1.17. The number of esters is 1. The zero-order chi connectivity index (χ0) is 11.6. The first-order chi connectivity index (χ1) is 6.99. The van der Waals surface area contributed by atoms with Gasteiger partial charge in [0.15, 0.2) is 5.76 Å². The third-order valence-electron chi connectivity index (χ3n) is 1.83. The van der Waals surface area contributed by atoms with Crippen molar-refractivity contribution in [2.45, 2.75) is 19.8 Å². The predicted octanol–water partition coefficient (Wildman–Crippen LogP) is 1.28. The lowest BCUT2D eigenvalue weighted by Crippen LogP contribution is -2.11. The van der Waals surface area contributed by atoms with Crippen LogP contribution in [-0.4, -0.2) is 29.3 Å². The third-order valence-corrected chi connectivity index (χ3v) is 1.83. The second kappa shape index (κ2) is 4.12. The summed E-state index contributed by atoms with van der Waals surface area (Å²) in [6, 6.07) is 0. The Bertz CT molecular complexity index is 393. The van der Waals surface area contributed by atoms with E-state index >= 15 is 0 Å². The molecule has 0 atom stereocenters. The van der Waals surface area contributed by atoms with Crippen LogP contribution in [0.5, 0.6) is 0 Å². The van der Waals surface area contributed by atoms with Gasteiger partial charge in [-0.2, -0.15) is 0 Å². The molecule has 15 heavy (non-hydrogen) atoms. The molecule has 0 bridgehead atoms. The van der Waals surface area contributed by atoms with Gasteiger partial charge in [-0.25, -0.2) is 9.59 Å². The summed E-state index contributed by atoms with van der Waals surface area (Å²) < 4.78 is 9.28. The largest absolute Gasteiger partial charge is 0.476 e. The van der Waals surface area contributed by atoms with E-state index in [9.17, 15) is 9.59 Å². The Morgan fingerprint density at radius 2 is 2.07 bits per heavy atom. The summed E-state index contributed by atoms with van der Waals surface area (Å²) in [6.07, 6.45) is 0. The lowest BCUT2D eigenvalue weighted by atomic mass is 10.1. The van der Waals surface area contributed by atoms with E-state index in [-0.39, 0.29) is 17.2 Å². The van der Waals surface area contributed by atoms with E-state index in [1.807, 2.05) is 0 Å². The van der Waals surface area contributed by atoms with Gasteiger partial charge in [-0.3, -0.25) is 0 Å². The lowest BCUT2D eigenvalue weighted by molar-refractivity contribution is 0.0580. The van der Waals surface area contributed by atoms with Crippen molar-refractivity contribution in [3.05, 3.63) is 17.0 Å². The minimum Gasteiger partial charge on any atom is -0.476 e. The molecule has 6 heteroatoms. The number of methoxy groups -OCH3 is 1. The van der Waals surface area contributed by atoms with E-state index in [4.69, 9.17) is 9.63 Å². The van der Waals surface area contributed by atoms with Gasteiger partial charge in [0, 0.05) is 5.92 Å². The number of carboxylic acid groups (broad SMARTS) is 1. The Morgan fingerprint density at radius 1 is 1.47 bits per heavy atom. The molecule has 0 aliphatic heterocycles. The monoisotopic (exact) mass is 213 g/mol. The fourth-order valence-corrected chi connectivity index (χ4v) is 1.14. The van der Waals surface area contributed by atoms with Crippen LogP contribution in [0.1, 0.15) is 46.4 Å². The molecule has 82 valence electrons.